The maximum Gasteiger partial charge on any atom is 0.256 e. The largest absolute Gasteiger partial charge is 0.399 e. The van der Waals surface area contributed by atoms with Gasteiger partial charge in [-0.3, -0.25) is 4.79 Å². The van der Waals surface area contributed by atoms with Gasteiger partial charge in [0.1, 0.15) is 0 Å². The van der Waals surface area contributed by atoms with Crippen LogP contribution < -0.4 is 11.1 Å². The van der Waals surface area contributed by atoms with Gasteiger partial charge >= 0.3 is 0 Å². The third-order valence-corrected chi connectivity index (χ3v) is 4.58. The van der Waals surface area contributed by atoms with Gasteiger partial charge in [0.2, 0.25) is 0 Å². The molecule has 3 aromatic carbocycles. The lowest BCUT2D eigenvalue weighted by Gasteiger charge is -2.12. The number of nitrogens with zero attached hydrogens (tertiary/aromatic N) is 1. The molecule has 0 aliphatic carbocycles. The number of nitrogens with two attached hydrogens (primary N) is 1. The van der Waals surface area contributed by atoms with Crippen molar-refractivity contribution in [2.24, 2.45) is 0 Å². The molecule has 0 bridgehead atoms. The summed E-state index contributed by atoms with van der Waals surface area (Å²) in [6.45, 7) is 4.00. The van der Waals surface area contributed by atoms with Gasteiger partial charge in [0, 0.05) is 16.6 Å². The number of carbonyl (C=O) groups is 1. The molecule has 1 aromatic heterocycles. The number of halogens is 1. The Morgan fingerprint density at radius 3 is 2.34 bits per heavy atom. The van der Waals surface area contributed by atoms with Crippen LogP contribution >= 0.6 is 11.6 Å². The van der Waals surface area contributed by atoms with Crippen LogP contribution in [0.15, 0.2) is 78.9 Å². The van der Waals surface area contributed by atoms with Crippen LogP contribution in [0.4, 0.5) is 11.4 Å². The molecule has 0 atom stereocenters. The van der Waals surface area contributed by atoms with Gasteiger partial charge in [-0.15, -0.1) is 0 Å². The number of para-hydroxylation sites is 1. The molecule has 3 N–H and O–H groups in total. The molecule has 1 heterocycles. The molecule has 1 amide bonds. The Hall–Kier alpha value is -3.37. The highest BCUT2D eigenvalue weighted by Crippen LogP contribution is 2.28. The first-order chi connectivity index (χ1) is 14.1. The molecule has 0 spiro atoms. The molecule has 5 heteroatoms. The second-order valence-electron chi connectivity index (χ2n) is 6.13. The normalized spacial score (nSPS) is 10.2. The van der Waals surface area contributed by atoms with Gasteiger partial charge in [-0.25, -0.2) is 4.98 Å². The van der Waals surface area contributed by atoms with Gasteiger partial charge < -0.3 is 11.1 Å². The van der Waals surface area contributed by atoms with E-state index >= 15 is 0 Å². The number of aromatic nitrogens is 1. The molecule has 0 unspecified atom stereocenters. The van der Waals surface area contributed by atoms with E-state index in [-0.39, 0.29) is 5.91 Å². The highest BCUT2D eigenvalue weighted by atomic mass is 35.5. The molecule has 4 aromatic rings. The zero-order valence-electron chi connectivity index (χ0n) is 16.3. The van der Waals surface area contributed by atoms with E-state index in [9.17, 15) is 4.79 Å². The Morgan fingerprint density at radius 1 is 0.931 bits per heavy atom. The standard InChI is InChI=1S/C22H16ClN3O.C2H6/c23-18-12-15(24)10-11-20(18)26-22(27)17-13-21(14-6-2-1-3-7-14)25-19-9-5-4-8-16(17)19;1-2/h1-13H,24H2,(H,26,27);1-2H3. The van der Waals surface area contributed by atoms with Gasteiger partial charge in [-0.2, -0.15) is 0 Å². The molecule has 0 saturated heterocycles. The molecule has 0 saturated carbocycles. The summed E-state index contributed by atoms with van der Waals surface area (Å²) in [5.74, 6) is -0.252. The Labute approximate surface area is 175 Å². The monoisotopic (exact) mass is 403 g/mol. The number of hydrogen-bond acceptors (Lipinski definition) is 3. The number of fused-ring (bicyclic) bond motifs is 1. The lowest BCUT2D eigenvalue weighted by atomic mass is 10.0. The molecular weight excluding hydrogens is 382 g/mol. The maximum absolute atomic E-state index is 13.0. The summed E-state index contributed by atoms with van der Waals surface area (Å²) in [7, 11) is 0. The maximum atomic E-state index is 13.0. The van der Waals surface area contributed by atoms with Crippen LogP contribution in [-0.2, 0) is 0 Å². The van der Waals surface area contributed by atoms with Gasteiger partial charge in [0.15, 0.2) is 0 Å². The Bertz CT molecular complexity index is 1140. The fraction of sp³-hybridized carbons (Fsp3) is 0.0833. The lowest BCUT2D eigenvalue weighted by molar-refractivity contribution is 0.102. The summed E-state index contributed by atoms with van der Waals surface area (Å²) < 4.78 is 0. The fourth-order valence-corrected chi connectivity index (χ4v) is 3.18. The summed E-state index contributed by atoms with van der Waals surface area (Å²) in [6, 6.07) is 24.1. The zero-order chi connectivity index (χ0) is 20.8. The summed E-state index contributed by atoms with van der Waals surface area (Å²) >= 11 is 6.20. The topological polar surface area (TPSA) is 68.0 Å². The summed E-state index contributed by atoms with van der Waals surface area (Å²) in [5.41, 5.74) is 9.75. The van der Waals surface area contributed by atoms with E-state index in [1.165, 1.54) is 0 Å². The minimum absolute atomic E-state index is 0.252. The van der Waals surface area contributed by atoms with Gasteiger partial charge in [-0.05, 0) is 30.3 Å². The lowest BCUT2D eigenvalue weighted by Crippen LogP contribution is -2.13. The molecule has 0 fully saturated rings. The van der Waals surface area contributed by atoms with E-state index in [1.807, 2.05) is 68.4 Å². The van der Waals surface area contributed by atoms with Crippen molar-refractivity contribution in [1.29, 1.82) is 0 Å². The van der Waals surface area contributed by atoms with Gasteiger partial charge in [0.05, 0.1) is 27.5 Å². The van der Waals surface area contributed by atoms with Crippen LogP contribution in [0.5, 0.6) is 0 Å². The Morgan fingerprint density at radius 2 is 1.62 bits per heavy atom. The minimum Gasteiger partial charge on any atom is -0.399 e. The average Bonchev–Trinajstić information content (AvgIpc) is 2.77. The molecule has 0 aliphatic heterocycles. The van der Waals surface area contributed by atoms with Crippen molar-refractivity contribution in [2.45, 2.75) is 13.8 Å². The highest BCUT2D eigenvalue weighted by molar-refractivity contribution is 6.34. The molecular formula is C24H22ClN3O. The number of hydrogen-bond donors (Lipinski definition) is 2. The number of carbonyl (C=O) groups excluding carboxylic acids is 1. The molecule has 0 aliphatic rings. The Kier molecular flexibility index (Phi) is 6.47. The van der Waals surface area contributed by atoms with Crippen LogP contribution in [0.25, 0.3) is 22.2 Å². The first kappa shape index (κ1) is 20.4. The van der Waals surface area contributed by atoms with E-state index in [0.717, 1.165) is 22.2 Å². The van der Waals surface area contributed by atoms with Gasteiger partial charge in [-0.1, -0.05) is 74.0 Å². The third kappa shape index (κ3) is 4.55. The van der Waals surface area contributed by atoms with Crippen LogP contribution in [0.3, 0.4) is 0 Å². The van der Waals surface area contributed by atoms with Crippen molar-refractivity contribution < 1.29 is 4.79 Å². The summed E-state index contributed by atoms with van der Waals surface area (Å²) in [6.07, 6.45) is 0. The second kappa shape index (κ2) is 9.22. The van der Waals surface area contributed by atoms with Crippen molar-refractivity contribution in [3.63, 3.8) is 0 Å². The van der Waals surface area contributed by atoms with E-state index < -0.39 is 0 Å². The molecule has 146 valence electrons. The minimum atomic E-state index is -0.252. The number of anilines is 2. The number of nitrogen functional groups attached to an aromatic ring is 1. The van der Waals surface area contributed by atoms with Crippen molar-refractivity contribution in [3.05, 3.63) is 89.4 Å². The summed E-state index contributed by atoms with van der Waals surface area (Å²) in [5, 5.41) is 4.04. The molecule has 29 heavy (non-hydrogen) atoms. The smallest absolute Gasteiger partial charge is 0.256 e. The predicted octanol–water partition coefficient (Wildman–Crippen LogP) is 6.42. The third-order valence-electron chi connectivity index (χ3n) is 4.27. The number of nitrogens with one attached hydrogen (secondary N) is 1. The van der Waals surface area contributed by atoms with E-state index in [1.54, 1.807) is 24.3 Å². The number of pyridine rings is 1. The van der Waals surface area contributed by atoms with Crippen LogP contribution in [0, 0.1) is 0 Å². The quantitative estimate of drug-likeness (QED) is 0.388. The SMILES string of the molecule is CC.Nc1ccc(NC(=O)c2cc(-c3ccccc3)nc3ccccc23)c(Cl)c1. The second-order valence-corrected chi connectivity index (χ2v) is 6.54. The van der Waals surface area contributed by atoms with Crippen LogP contribution in [0.1, 0.15) is 24.2 Å². The number of amides is 1. The molecule has 4 rings (SSSR count). The van der Waals surface area contributed by atoms with E-state index in [4.69, 9.17) is 22.3 Å². The first-order valence-electron chi connectivity index (χ1n) is 9.43. The van der Waals surface area contributed by atoms with Crippen LogP contribution in [0.2, 0.25) is 5.02 Å². The molecule has 4 nitrogen and oxygen atoms in total. The van der Waals surface area contributed by atoms with Gasteiger partial charge in [0.25, 0.3) is 5.91 Å². The van der Waals surface area contributed by atoms with E-state index in [0.29, 0.717) is 22.0 Å². The number of benzene rings is 3. The fourth-order valence-electron chi connectivity index (χ4n) is 2.94. The average molecular weight is 404 g/mol. The summed E-state index contributed by atoms with van der Waals surface area (Å²) in [4.78, 5) is 17.7. The van der Waals surface area contributed by atoms with Crippen molar-refractivity contribution in [3.8, 4) is 11.3 Å². The first-order valence-corrected chi connectivity index (χ1v) is 9.81. The Balaban J connectivity index is 0.00000117. The van der Waals surface area contributed by atoms with Crippen LogP contribution in [-0.4, -0.2) is 10.9 Å². The van der Waals surface area contributed by atoms with E-state index in [2.05, 4.69) is 5.32 Å². The van der Waals surface area contributed by atoms with Crippen molar-refractivity contribution in [1.82, 2.24) is 4.98 Å². The molecule has 0 radical (unpaired) electrons. The predicted molar refractivity (Wildman–Crippen MR) is 122 cm³/mol. The number of rotatable bonds is 3. The van der Waals surface area contributed by atoms with Crippen molar-refractivity contribution >= 4 is 39.8 Å². The zero-order valence-corrected chi connectivity index (χ0v) is 17.1. The highest BCUT2D eigenvalue weighted by Gasteiger charge is 2.15. The van der Waals surface area contributed by atoms with Crippen molar-refractivity contribution in [2.75, 3.05) is 11.1 Å².